The van der Waals surface area contributed by atoms with E-state index in [4.69, 9.17) is 18.9 Å². The number of hydrogen-bond donors (Lipinski definition) is 2. The maximum absolute atomic E-state index is 16.0. The molecule has 6 aromatic rings. The number of nitrogens with one attached hydrogen (secondary N) is 1. The minimum atomic E-state index is -1.86. The van der Waals surface area contributed by atoms with Crippen molar-refractivity contribution in [1.29, 1.82) is 0 Å². The number of ether oxygens (including phenoxy) is 4. The Balaban J connectivity index is 1.20. The standard InChI is InChI=1S/C38H34FN5O6/c1-47-28-17-13-26(14-18-28)38(25-11-7-4-8-12-25,27-15-19-29(48-2)20-16-27)49-21-30-33(45)31(39)37(50-30)44-23-42-32-34(40-22-41-35(32)44)43-36(46)24-9-5-3-6-10-24/h3-20,22-23,30-31,33,37,45H,21H2,1-2H3,(H,40,41,43,46)/t30-,31-,33-,37-/m0/s1. The number of carbonyl (C=O) groups is 1. The lowest BCUT2D eigenvalue weighted by molar-refractivity contribution is -0.0935. The number of fused-ring (bicyclic) bond motifs is 1. The van der Waals surface area contributed by atoms with E-state index in [2.05, 4.69) is 20.3 Å². The molecule has 1 amide bonds. The molecule has 50 heavy (non-hydrogen) atoms. The van der Waals surface area contributed by atoms with Crippen LogP contribution in [0, 0.1) is 0 Å². The fourth-order valence-corrected chi connectivity index (χ4v) is 6.25. The van der Waals surface area contributed by atoms with E-state index in [9.17, 15) is 9.90 Å². The average molecular weight is 676 g/mol. The predicted molar refractivity (Wildman–Crippen MR) is 183 cm³/mol. The van der Waals surface area contributed by atoms with Gasteiger partial charge in [0.05, 0.1) is 27.2 Å². The average Bonchev–Trinajstić information content (AvgIpc) is 3.73. The Hall–Kier alpha value is -5.69. The zero-order chi connectivity index (χ0) is 34.7. The third-order valence-electron chi connectivity index (χ3n) is 8.83. The van der Waals surface area contributed by atoms with Crippen LogP contribution >= 0.6 is 0 Å². The summed E-state index contributed by atoms with van der Waals surface area (Å²) in [5.74, 6) is 1.11. The summed E-state index contributed by atoms with van der Waals surface area (Å²) in [4.78, 5) is 25.7. The molecule has 11 nitrogen and oxygen atoms in total. The number of anilines is 1. The highest BCUT2D eigenvalue weighted by molar-refractivity contribution is 6.06. The van der Waals surface area contributed by atoms with E-state index in [1.807, 2.05) is 84.9 Å². The third-order valence-corrected chi connectivity index (χ3v) is 8.83. The van der Waals surface area contributed by atoms with Crippen LogP contribution in [0.4, 0.5) is 10.2 Å². The van der Waals surface area contributed by atoms with Crippen LogP contribution in [0.15, 0.2) is 122 Å². The van der Waals surface area contributed by atoms with Gasteiger partial charge in [-0.05, 0) is 53.1 Å². The number of aliphatic hydroxyl groups is 1. The van der Waals surface area contributed by atoms with Gasteiger partial charge in [-0.3, -0.25) is 9.36 Å². The van der Waals surface area contributed by atoms with Gasteiger partial charge in [0.1, 0.15) is 35.6 Å². The van der Waals surface area contributed by atoms with Crippen LogP contribution in [0.5, 0.6) is 11.5 Å². The number of amides is 1. The lowest BCUT2D eigenvalue weighted by Gasteiger charge is -2.37. The first-order valence-electron chi connectivity index (χ1n) is 15.9. The van der Waals surface area contributed by atoms with Crippen molar-refractivity contribution in [2.24, 2.45) is 0 Å². The van der Waals surface area contributed by atoms with E-state index in [1.54, 1.807) is 38.5 Å². The molecule has 0 saturated carbocycles. The van der Waals surface area contributed by atoms with Crippen LogP contribution in [0.1, 0.15) is 33.3 Å². The highest BCUT2D eigenvalue weighted by Gasteiger charge is 2.48. The number of alkyl halides is 1. The zero-order valence-corrected chi connectivity index (χ0v) is 27.2. The minimum Gasteiger partial charge on any atom is -0.497 e. The molecule has 1 saturated heterocycles. The quantitative estimate of drug-likeness (QED) is 0.166. The Kier molecular flexibility index (Phi) is 9.22. The van der Waals surface area contributed by atoms with Crippen molar-refractivity contribution < 1.29 is 33.2 Å². The van der Waals surface area contributed by atoms with Crippen LogP contribution < -0.4 is 14.8 Å². The number of hydrogen-bond acceptors (Lipinski definition) is 9. The highest BCUT2D eigenvalue weighted by Crippen LogP contribution is 2.43. The van der Waals surface area contributed by atoms with Gasteiger partial charge in [0, 0.05) is 5.56 Å². The Morgan fingerprint density at radius 1 is 0.840 bits per heavy atom. The summed E-state index contributed by atoms with van der Waals surface area (Å²) in [6, 6.07) is 33.3. The number of imidazole rings is 1. The molecule has 0 bridgehead atoms. The summed E-state index contributed by atoms with van der Waals surface area (Å²) in [7, 11) is 3.19. The molecule has 4 aromatic carbocycles. The number of benzene rings is 4. The SMILES string of the molecule is COc1ccc(C(OC[C@@H]2O[C@H](n3cnc4c(NC(=O)c5ccccc5)ncnc43)[C@@H](F)[C@H]2O)(c2ccccc2)c2ccc(OC)cc2)cc1. The van der Waals surface area contributed by atoms with Crippen molar-refractivity contribution in [2.45, 2.75) is 30.2 Å². The number of methoxy groups -OCH3 is 2. The summed E-state index contributed by atoms with van der Waals surface area (Å²) in [5, 5.41) is 14.0. The molecule has 7 rings (SSSR count). The summed E-state index contributed by atoms with van der Waals surface area (Å²) in [6.07, 6.45) is -3.16. The van der Waals surface area contributed by atoms with Crippen LogP contribution in [0.3, 0.4) is 0 Å². The number of halogens is 1. The predicted octanol–water partition coefficient (Wildman–Crippen LogP) is 5.70. The summed E-state index contributed by atoms with van der Waals surface area (Å²) in [6.45, 7) is -0.189. The molecular weight excluding hydrogens is 641 g/mol. The van der Waals surface area contributed by atoms with E-state index in [1.165, 1.54) is 17.2 Å². The molecule has 254 valence electrons. The fraction of sp³-hybridized carbons (Fsp3) is 0.211. The second-order valence-corrected chi connectivity index (χ2v) is 11.7. The summed E-state index contributed by atoms with van der Waals surface area (Å²) in [5.41, 5.74) is 2.05. The van der Waals surface area contributed by atoms with E-state index in [-0.39, 0.29) is 29.5 Å². The van der Waals surface area contributed by atoms with Crippen LogP contribution in [-0.2, 0) is 15.1 Å². The monoisotopic (exact) mass is 675 g/mol. The molecule has 0 aliphatic carbocycles. The van der Waals surface area contributed by atoms with Crippen molar-refractivity contribution in [3.8, 4) is 11.5 Å². The van der Waals surface area contributed by atoms with Crippen molar-refractivity contribution in [3.05, 3.63) is 144 Å². The molecule has 3 heterocycles. The van der Waals surface area contributed by atoms with Gasteiger partial charge in [-0.25, -0.2) is 19.3 Å². The van der Waals surface area contributed by atoms with Crippen molar-refractivity contribution in [2.75, 3.05) is 26.1 Å². The number of carbonyl (C=O) groups excluding carboxylic acids is 1. The number of aromatic nitrogens is 4. The Morgan fingerprint density at radius 2 is 1.42 bits per heavy atom. The Labute approximate surface area is 287 Å². The first-order chi connectivity index (χ1) is 24.4. The van der Waals surface area contributed by atoms with Crippen molar-refractivity contribution >= 4 is 22.9 Å². The van der Waals surface area contributed by atoms with E-state index in [0.29, 0.717) is 17.1 Å². The van der Waals surface area contributed by atoms with Gasteiger partial charge in [0.15, 0.2) is 29.4 Å². The molecule has 2 aromatic heterocycles. The smallest absolute Gasteiger partial charge is 0.256 e. The Bertz CT molecular complexity index is 2010. The number of nitrogens with zero attached hydrogens (tertiary/aromatic N) is 4. The molecule has 1 aliphatic heterocycles. The van der Waals surface area contributed by atoms with Crippen LogP contribution in [-0.4, -0.2) is 69.7 Å². The zero-order valence-electron chi connectivity index (χ0n) is 27.2. The third kappa shape index (κ3) is 6.04. The van der Waals surface area contributed by atoms with Gasteiger partial charge in [-0.1, -0.05) is 72.8 Å². The molecule has 0 spiro atoms. The van der Waals surface area contributed by atoms with Gasteiger partial charge in [0.2, 0.25) is 0 Å². The van der Waals surface area contributed by atoms with E-state index >= 15 is 4.39 Å². The maximum atomic E-state index is 16.0. The van der Waals surface area contributed by atoms with Gasteiger partial charge in [-0.2, -0.15) is 0 Å². The number of aliphatic hydroxyl groups excluding tert-OH is 1. The molecule has 2 N–H and O–H groups in total. The highest BCUT2D eigenvalue weighted by atomic mass is 19.1. The topological polar surface area (TPSA) is 130 Å². The van der Waals surface area contributed by atoms with Gasteiger partial charge >= 0.3 is 0 Å². The van der Waals surface area contributed by atoms with Gasteiger partial charge in [-0.15, -0.1) is 0 Å². The number of rotatable bonds is 11. The molecule has 1 aliphatic rings. The molecular formula is C38H34FN5O6. The first-order valence-corrected chi connectivity index (χ1v) is 15.9. The molecule has 0 unspecified atom stereocenters. The molecule has 0 radical (unpaired) electrons. The van der Waals surface area contributed by atoms with Crippen LogP contribution in [0.25, 0.3) is 11.2 Å². The largest absolute Gasteiger partial charge is 0.497 e. The fourth-order valence-electron chi connectivity index (χ4n) is 6.25. The Morgan fingerprint density at radius 3 is 2.02 bits per heavy atom. The van der Waals surface area contributed by atoms with Crippen LogP contribution in [0.2, 0.25) is 0 Å². The van der Waals surface area contributed by atoms with E-state index < -0.39 is 30.2 Å². The normalized spacial score (nSPS) is 19.0. The lowest BCUT2D eigenvalue weighted by atomic mass is 9.80. The summed E-state index contributed by atoms with van der Waals surface area (Å²) >= 11 is 0. The summed E-state index contributed by atoms with van der Waals surface area (Å²) < 4.78 is 41.3. The lowest BCUT2D eigenvalue weighted by Crippen LogP contribution is -2.39. The molecule has 1 fully saturated rings. The molecule has 4 atom stereocenters. The first kappa shape index (κ1) is 32.8. The van der Waals surface area contributed by atoms with Crippen molar-refractivity contribution in [3.63, 3.8) is 0 Å². The van der Waals surface area contributed by atoms with E-state index in [0.717, 1.165) is 16.7 Å². The van der Waals surface area contributed by atoms with Crippen molar-refractivity contribution in [1.82, 2.24) is 19.5 Å². The molecule has 12 heteroatoms. The van der Waals surface area contributed by atoms with Gasteiger partial charge < -0.3 is 29.4 Å². The minimum absolute atomic E-state index is 0.156. The second-order valence-electron chi connectivity index (χ2n) is 11.7. The second kappa shape index (κ2) is 14.0. The van der Waals surface area contributed by atoms with Gasteiger partial charge in [0.25, 0.3) is 5.91 Å². The maximum Gasteiger partial charge on any atom is 0.256 e.